The molecule has 1 atom stereocenters. The number of carbonyl (C=O) groups is 1. The Bertz CT molecular complexity index is 1490. The number of hydrogen-bond acceptors (Lipinski definition) is 4. The van der Waals surface area contributed by atoms with Crippen LogP contribution >= 0.6 is 11.6 Å². The van der Waals surface area contributed by atoms with E-state index in [0.29, 0.717) is 36.4 Å². The van der Waals surface area contributed by atoms with Crippen molar-refractivity contribution in [2.75, 3.05) is 19.6 Å². The maximum atomic E-state index is 13.4. The number of likely N-dealkylation sites (N-methyl/N-ethyl adjacent to an activating group) is 1. The Balaban J connectivity index is 1.53. The van der Waals surface area contributed by atoms with Crippen LogP contribution in [0.2, 0.25) is 5.02 Å². The van der Waals surface area contributed by atoms with Gasteiger partial charge in [-0.3, -0.25) is 9.78 Å². The van der Waals surface area contributed by atoms with Crippen LogP contribution in [0.15, 0.2) is 72.9 Å². The van der Waals surface area contributed by atoms with E-state index in [9.17, 15) is 14.3 Å². The minimum Gasteiger partial charge on any atom is -0.392 e. The lowest BCUT2D eigenvalue weighted by Crippen LogP contribution is -2.32. The van der Waals surface area contributed by atoms with E-state index in [0.717, 1.165) is 46.2 Å². The van der Waals surface area contributed by atoms with E-state index in [-0.39, 0.29) is 11.6 Å². The van der Waals surface area contributed by atoms with Gasteiger partial charge in [0, 0.05) is 52.5 Å². The molecule has 1 N–H and O–H groups in total. The predicted molar refractivity (Wildman–Crippen MR) is 156 cm³/mol. The van der Waals surface area contributed by atoms with Gasteiger partial charge in [0.1, 0.15) is 5.82 Å². The summed E-state index contributed by atoms with van der Waals surface area (Å²) in [4.78, 5) is 19.5. The molecular formula is C33H32ClFN2O2. The Morgan fingerprint density at radius 1 is 1.03 bits per heavy atom. The van der Waals surface area contributed by atoms with Crippen molar-refractivity contribution in [2.45, 2.75) is 39.2 Å². The third kappa shape index (κ3) is 7.74. The van der Waals surface area contributed by atoms with Gasteiger partial charge in [-0.15, -0.1) is 0 Å². The van der Waals surface area contributed by atoms with E-state index in [1.54, 1.807) is 30.5 Å². The topological polar surface area (TPSA) is 53.4 Å². The smallest absolute Gasteiger partial charge is 0.162 e. The van der Waals surface area contributed by atoms with Crippen LogP contribution in [0.25, 0.3) is 10.8 Å². The van der Waals surface area contributed by atoms with E-state index in [1.165, 1.54) is 12.1 Å². The average molecular weight is 543 g/mol. The molecule has 1 aromatic heterocycles. The number of aliphatic hydroxyl groups is 1. The van der Waals surface area contributed by atoms with Crippen LogP contribution in [0.1, 0.15) is 59.4 Å². The molecule has 0 spiro atoms. The number of benzene rings is 3. The number of fused-ring (bicyclic) bond motifs is 1. The Morgan fingerprint density at radius 3 is 2.44 bits per heavy atom. The molecule has 1 heterocycles. The van der Waals surface area contributed by atoms with Crippen LogP contribution in [0.5, 0.6) is 0 Å². The van der Waals surface area contributed by atoms with Gasteiger partial charge >= 0.3 is 0 Å². The number of Topliss-reactive ketones (excluding diaryl/α,β-unsaturated/α-hetero) is 1. The second-order valence-corrected chi connectivity index (χ2v) is 9.98. The minimum absolute atomic E-state index is 0.00239. The third-order valence-electron chi connectivity index (χ3n) is 6.82. The molecule has 0 fully saturated rings. The zero-order chi connectivity index (χ0) is 27.8. The molecule has 0 aliphatic rings. The van der Waals surface area contributed by atoms with Crippen LogP contribution in [0.4, 0.5) is 4.39 Å². The highest BCUT2D eigenvalue weighted by Gasteiger charge is 2.13. The summed E-state index contributed by atoms with van der Waals surface area (Å²) in [6.07, 6.45) is 2.51. The Morgan fingerprint density at radius 2 is 1.74 bits per heavy atom. The van der Waals surface area contributed by atoms with Crippen LogP contribution in [0.3, 0.4) is 0 Å². The number of pyridine rings is 1. The highest BCUT2D eigenvalue weighted by atomic mass is 35.5. The Labute approximate surface area is 234 Å². The summed E-state index contributed by atoms with van der Waals surface area (Å²) in [5.74, 6) is 6.21. The fourth-order valence-electron chi connectivity index (χ4n) is 4.48. The summed E-state index contributed by atoms with van der Waals surface area (Å²) in [6.45, 7) is 6.44. The van der Waals surface area contributed by atoms with Gasteiger partial charge in [-0.25, -0.2) is 4.39 Å². The predicted octanol–water partition coefficient (Wildman–Crippen LogP) is 6.68. The lowest BCUT2D eigenvalue weighted by molar-refractivity contribution is 0.0877. The van der Waals surface area contributed by atoms with E-state index >= 15 is 0 Å². The Kier molecular flexibility index (Phi) is 9.84. The lowest BCUT2D eigenvalue weighted by Gasteiger charge is -2.21. The first kappa shape index (κ1) is 28.4. The van der Waals surface area contributed by atoms with Crippen LogP contribution in [0, 0.1) is 17.7 Å². The van der Waals surface area contributed by atoms with Crippen LogP contribution in [-0.2, 0) is 6.42 Å². The summed E-state index contributed by atoms with van der Waals surface area (Å²) in [7, 11) is 0. The molecule has 0 aliphatic carbocycles. The molecule has 0 saturated heterocycles. The number of carbonyl (C=O) groups excluding carboxylic acids is 1. The molecule has 3 aromatic carbocycles. The largest absolute Gasteiger partial charge is 0.392 e. The first-order valence-electron chi connectivity index (χ1n) is 13.2. The molecule has 0 radical (unpaired) electrons. The summed E-state index contributed by atoms with van der Waals surface area (Å²) < 4.78 is 13.4. The lowest BCUT2D eigenvalue weighted by atomic mass is 9.99. The zero-order valence-corrected chi connectivity index (χ0v) is 23.0. The number of rotatable bonds is 10. The molecule has 6 heteroatoms. The average Bonchev–Trinajstić information content (AvgIpc) is 2.95. The number of aromatic nitrogens is 1. The van der Waals surface area contributed by atoms with Crippen molar-refractivity contribution in [3.05, 3.63) is 112 Å². The number of aliphatic hydroxyl groups excluding tert-OH is 1. The normalized spacial score (nSPS) is 11.8. The van der Waals surface area contributed by atoms with Crippen molar-refractivity contribution in [3.63, 3.8) is 0 Å². The number of halogens is 2. The van der Waals surface area contributed by atoms with Crippen LogP contribution in [-0.4, -0.2) is 46.5 Å². The highest BCUT2D eigenvalue weighted by molar-refractivity contribution is 6.31. The summed E-state index contributed by atoms with van der Waals surface area (Å²) >= 11 is 6.31. The van der Waals surface area contributed by atoms with Crippen molar-refractivity contribution in [1.29, 1.82) is 0 Å². The van der Waals surface area contributed by atoms with Crippen molar-refractivity contribution in [3.8, 4) is 11.8 Å². The van der Waals surface area contributed by atoms with Crippen LogP contribution < -0.4 is 0 Å². The van der Waals surface area contributed by atoms with Crippen molar-refractivity contribution >= 4 is 28.2 Å². The first-order valence-corrected chi connectivity index (χ1v) is 13.6. The van der Waals surface area contributed by atoms with Crippen molar-refractivity contribution < 1.29 is 14.3 Å². The molecule has 0 aliphatic heterocycles. The molecule has 200 valence electrons. The molecule has 4 nitrogen and oxygen atoms in total. The number of hydrogen-bond donors (Lipinski definition) is 1. The molecule has 1 unspecified atom stereocenters. The fraction of sp³-hybridized carbons (Fsp3) is 0.273. The second-order valence-electron chi connectivity index (χ2n) is 9.54. The van der Waals surface area contributed by atoms with Gasteiger partial charge in [-0.1, -0.05) is 67.6 Å². The van der Waals surface area contributed by atoms with Gasteiger partial charge in [-0.05, 0) is 61.5 Å². The van der Waals surface area contributed by atoms with Gasteiger partial charge < -0.3 is 10.0 Å². The van der Waals surface area contributed by atoms with E-state index in [1.807, 2.05) is 30.3 Å². The molecular weight excluding hydrogens is 511 g/mol. The molecule has 0 saturated carbocycles. The highest BCUT2D eigenvalue weighted by Crippen LogP contribution is 2.25. The molecule has 0 amide bonds. The molecule has 4 rings (SSSR count). The minimum atomic E-state index is -0.522. The van der Waals surface area contributed by atoms with Gasteiger partial charge in [0.15, 0.2) is 5.78 Å². The van der Waals surface area contributed by atoms with Gasteiger partial charge in [0.05, 0.1) is 17.4 Å². The standard InChI is InChI=1S/C33H32ClFN2O2/c1-3-37(4-2)22-29(38)16-18-33(39)25-10-5-23(6-11-25)9-17-30-31-20-27(34)13-12-26(31)21-36-32(30)19-24-7-14-28(35)15-8-24/h5-8,10-15,20-21,29,38H,3-4,16,18-19,22H2,1-2H3. The van der Waals surface area contributed by atoms with Gasteiger partial charge in [0.25, 0.3) is 0 Å². The summed E-state index contributed by atoms with van der Waals surface area (Å²) in [5, 5.41) is 12.7. The SMILES string of the molecule is CCN(CC)CC(O)CCC(=O)c1ccc(C#Cc2c(Cc3ccc(F)cc3)ncc3ccc(Cl)cc23)cc1. The molecule has 0 bridgehead atoms. The Hall–Kier alpha value is -3.56. The quantitative estimate of drug-likeness (QED) is 0.179. The van der Waals surface area contributed by atoms with Gasteiger partial charge in [0.2, 0.25) is 0 Å². The van der Waals surface area contributed by atoms with Crippen molar-refractivity contribution in [1.82, 2.24) is 9.88 Å². The van der Waals surface area contributed by atoms with Crippen molar-refractivity contribution in [2.24, 2.45) is 0 Å². The van der Waals surface area contributed by atoms with E-state index in [2.05, 4.69) is 35.6 Å². The maximum absolute atomic E-state index is 13.4. The van der Waals surface area contributed by atoms with E-state index in [4.69, 9.17) is 11.6 Å². The molecule has 39 heavy (non-hydrogen) atoms. The third-order valence-corrected chi connectivity index (χ3v) is 7.06. The zero-order valence-electron chi connectivity index (χ0n) is 22.3. The fourth-order valence-corrected chi connectivity index (χ4v) is 4.65. The number of nitrogens with zero attached hydrogens (tertiary/aromatic N) is 2. The van der Waals surface area contributed by atoms with E-state index < -0.39 is 6.10 Å². The van der Waals surface area contributed by atoms with Gasteiger partial charge in [-0.2, -0.15) is 0 Å². The monoisotopic (exact) mass is 542 g/mol. The second kappa shape index (κ2) is 13.5. The number of ketones is 1. The first-order chi connectivity index (χ1) is 18.9. The summed E-state index contributed by atoms with van der Waals surface area (Å²) in [5.41, 5.74) is 3.84. The maximum Gasteiger partial charge on any atom is 0.162 e. The summed E-state index contributed by atoms with van der Waals surface area (Å²) in [6, 6.07) is 19.2. The molecule has 4 aromatic rings.